The van der Waals surface area contributed by atoms with Gasteiger partial charge in [0.2, 0.25) is 0 Å². The minimum absolute atomic E-state index is 0.0583. The third-order valence-electron chi connectivity index (χ3n) is 4.46. The van der Waals surface area contributed by atoms with Crippen LogP contribution in [0.25, 0.3) is 32.7 Å². The Bertz CT molecular complexity index is 1080. The van der Waals surface area contributed by atoms with Gasteiger partial charge in [0.15, 0.2) is 5.78 Å². The fourth-order valence-corrected chi connectivity index (χ4v) is 3.30. The third-order valence-corrected chi connectivity index (χ3v) is 4.46. The quantitative estimate of drug-likeness (QED) is 0.388. The lowest BCUT2D eigenvalue weighted by Crippen LogP contribution is -1.96. The largest absolute Gasteiger partial charge is 0.507 e. The van der Waals surface area contributed by atoms with Crippen LogP contribution in [0.1, 0.15) is 17.3 Å². The number of fused-ring (bicyclic) bond motifs is 3. The van der Waals surface area contributed by atoms with E-state index in [1.54, 1.807) is 0 Å². The van der Waals surface area contributed by atoms with Gasteiger partial charge in [-0.05, 0) is 41.0 Å². The molecule has 0 aromatic heterocycles. The lowest BCUT2D eigenvalue weighted by Gasteiger charge is -2.14. The zero-order chi connectivity index (χ0) is 16.7. The first kappa shape index (κ1) is 14.5. The summed E-state index contributed by atoms with van der Waals surface area (Å²) < 4.78 is 0. The van der Waals surface area contributed by atoms with Crippen LogP contribution in [0.2, 0.25) is 0 Å². The van der Waals surface area contributed by atoms with Gasteiger partial charge >= 0.3 is 0 Å². The average Bonchev–Trinajstić information content (AvgIpc) is 2.62. The summed E-state index contributed by atoms with van der Waals surface area (Å²) >= 11 is 0. The third kappa shape index (κ3) is 2.16. The maximum atomic E-state index is 12.0. The number of benzene rings is 4. The predicted molar refractivity (Wildman–Crippen MR) is 98.6 cm³/mol. The summed E-state index contributed by atoms with van der Waals surface area (Å²) in [7, 11) is 0. The van der Waals surface area contributed by atoms with Gasteiger partial charge in [0.1, 0.15) is 5.75 Å². The molecule has 0 aliphatic heterocycles. The van der Waals surface area contributed by atoms with Gasteiger partial charge in [-0.3, -0.25) is 4.79 Å². The second-order valence-electron chi connectivity index (χ2n) is 5.95. The number of rotatable bonds is 2. The van der Waals surface area contributed by atoms with Crippen molar-refractivity contribution in [3.63, 3.8) is 0 Å². The summed E-state index contributed by atoms with van der Waals surface area (Å²) in [5.41, 5.74) is 2.35. The minimum Gasteiger partial charge on any atom is -0.507 e. The number of aromatic hydroxyl groups is 1. The Morgan fingerprint density at radius 3 is 2.29 bits per heavy atom. The predicted octanol–water partition coefficient (Wildman–Crippen LogP) is 5.57. The molecule has 4 rings (SSSR count). The first-order valence-electron chi connectivity index (χ1n) is 7.90. The van der Waals surface area contributed by atoms with Gasteiger partial charge in [-0.2, -0.15) is 0 Å². The van der Waals surface area contributed by atoms with Crippen LogP contribution in [-0.2, 0) is 0 Å². The Kier molecular flexibility index (Phi) is 3.31. The molecule has 0 spiro atoms. The molecule has 2 heteroatoms. The Hall–Kier alpha value is -3.13. The summed E-state index contributed by atoms with van der Waals surface area (Å²) in [6.07, 6.45) is 0. The highest BCUT2D eigenvalue weighted by atomic mass is 16.3. The molecule has 0 atom stereocenters. The van der Waals surface area contributed by atoms with Crippen molar-refractivity contribution in [3.05, 3.63) is 78.4 Å². The highest BCUT2D eigenvalue weighted by Crippen LogP contribution is 2.40. The molecule has 0 heterocycles. The van der Waals surface area contributed by atoms with E-state index in [0.29, 0.717) is 10.9 Å². The average molecular weight is 312 g/mol. The van der Waals surface area contributed by atoms with Crippen LogP contribution in [0.4, 0.5) is 0 Å². The van der Waals surface area contributed by atoms with Crippen molar-refractivity contribution < 1.29 is 9.90 Å². The molecule has 2 nitrogen and oxygen atoms in total. The fourth-order valence-electron chi connectivity index (χ4n) is 3.30. The monoisotopic (exact) mass is 312 g/mol. The summed E-state index contributed by atoms with van der Waals surface area (Å²) in [6, 6.07) is 23.8. The van der Waals surface area contributed by atoms with Gasteiger partial charge in [0, 0.05) is 10.8 Å². The van der Waals surface area contributed by atoms with E-state index in [1.165, 1.54) is 6.92 Å². The van der Waals surface area contributed by atoms with Crippen molar-refractivity contribution in [2.45, 2.75) is 6.92 Å². The van der Waals surface area contributed by atoms with E-state index in [0.717, 1.165) is 27.3 Å². The van der Waals surface area contributed by atoms with E-state index in [1.807, 2.05) is 60.7 Å². The number of carbonyl (C=O) groups excluding carboxylic acids is 1. The molecule has 1 N–H and O–H groups in total. The molecule has 0 saturated carbocycles. The second kappa shape index (κ2) is 5.50. The van der Waals surface area contributed by atoms with Gasteiger partial charge in [-0.15, -0.1) is 0 Å². The number of ketones is 1. The topological polar surface area (TPSA) is 37.3 Å². The van der Waals surface area contributed by atoms with Crippen LogP contribution < -0.4 is 0 Å². The first-order valence-corrected chi connectivity index (χ1v) is 7.90. The zero-order valence-electron chi connectivity index (χ0n) is 13.3. The lowest BCUT2D eigenvalue weighted by atomic mass is 9.90. The van der Waals surface area contributed by atoms with Crippen LogP contribution in [0.5, 0.6) is 5.75 Å². The maximum Gasteiger partial charge on any atom is 0.163 e. The molecule has 24 heavy (non-hydrogen) atoms. The molecule has 0 unspecified atom stereocenters. The molecule has 0 fully saturated rings. The summed E-state index contributed by atoms with van der Waals surface area (Å²) in [5, 5.41) is 14.5. The van der Waals surface area contributed by atoms with Crippen LogP contribution >= 0.6 is 0 Å². The molecule has 4 aromatic carbocycles. The standard InChI is InChI=1S/C22H16O2/c1-14(23)19-13-20(15-7-3-2-4-8-15)21-17-10-6-5-9-16(17)11-12-18(21)22(19)24/h2-13,24H,1H3. The van der Waals surface area contributed by atoms with Crippen molar-refractivity contribution in [1.82, 2.24) is 0 Å². The molecule has 0 bridgehead atoms. The van der Waals surface area contributed by atoms with Crippen LogP contribution in [-0.4, -0.2) is 10.9 Å². The molecular formula is C22H16O2. The molecule has 0 aliphatic rings. The molecule has 0 amide bonds. The summed E-state index contributed by atoms with van der Waals surface area (Å²) in [5.74, 6) is -0.0809. The number of carbonyl (C=O) groups is 1. The number of hydrogen-bond acceptors (Lipinski definition) is 2. The summed E-state index contributed by atoms with van der Waals surface area (Å²) in [4.78, 5) is 12.0. The van der Waals surface area contributed by atoms with Crippen molar-refractivity contribution >= 4 is 27.3 Å². The van der Waals surface area contributed by atoms with Crippen LogP contribution in [0, 0.1) is 0 Å². The van der Waals surface area contributed by atoms with Gasteiger partial charge in [0.05, 0.1) is 5.56 Å². The van der Waals surface area contributed by atoms with Crippen molar-refractivity contribution in [1.29, 1.82) is 0 Å². The first-order chi connectivity index (χ1) is 11.7. The second-order valence-corrected chi connectivity index (χ2v) is 5.95. The van der Waals surface area contributed by atoms with E-state index < -0.39 is 0 Å². The molecule has 0 aliphatic carbocycles. The maximum absolute atomic E-state index is 12.0. The minimum atomic E-state index is -0.139. The van der Waals surface area contributed by atoms with Gasteiger partial charge in [-0.25, -0.2) is 0 Å². The highest BCUT2D eigenvalue weighted by molar-refractivity contribution is 6.18. The smallest absolute Gasteiger partial charge is 0.163 e. The van der Waals surface area contributed by atoms with Crippen molar-refractivity contribution in [3.8, 4) is 16.9 Å². The molecule has 116 valence electrons. The number of phenols is 1. The van der Waals surface area contributed by atoms with E-state index in [-0.39, 0.29) is 11.5 Å². The van der Waals surface area contributed by atoms with Gasteiger partial charge in [-0.1, -0.05) is 60.7 Å². The lowest BCUT2D eigenvalue weighted by molar-refractivity contribution is 0.101. The molecule has 0 radical (unpaired) electrons. The van der Waals surface area contributed by atoms with Crippen LogP contribution in [0.15, 0.2) is 72.8 Å². The van der Waals surface area contributed by atoms with Crippen molar-refractivity contribution in [2.24, 2.45) is 0 Å². The Morgan fingerprint density at radius 2 is 1.54 bits per heavy atom. The van der Waals surface area contributed by atoms with E-state index in [9.17, 15) is 9.90 Å². The number of hydrogen-bond donors (Lipinski definition) is 1. The molecule has 4 aromatic rings. The number of Topliss-reactive ketones (excluding diaryl/α,β-unsaturated/α-hetero) is 1. The van der Waals surface area contributed by atoms with Crippen molar-refractivity contribution in [2.75, 3.05) is 0 Å². The zero-order valence-corrected chi connectivity index (χ0v) is 13.3. The van der Waals surface area contributed by atoms with Crippen LogP contribution in [0.3, 0.4) is 0 Å². The van der Waals surface area contributed by atoms with E-state index >= 15 is 0 Å². The van der Waals surface area contributed by atoms with E-state index in [4.69, 9.17) is 0 Å². The molecular weight excluding hydrogens is 296 g/mol. The van der Waals surface area contributed by atoms with Gasteiger partial charge in [0.25, 0.3) is 0 Å². The SMILES string of the molecule is CC(=O)c1cc(-c2ccccc2)c2c(ccc3ccccc32)c1O. The Labute approximate surface area is 140 Å². The Morgan fingerprint density at radius 1 is 0.833 bits per heavy atom. The molecule has 0 saturated heterocycles. The van der Waals surface area contributed by atoms with Gasteiger partial charge < -0.3 is 5.11 Å². The van der Waals surface area contributed by atoms with E-state index in [2.05, 4.69) is 12.1 Å². The Balaban J connectivity index is 2.25. The highest BCUT2D eigenvalue weighted by Gasteiger charge is 2.17. The fraction of sp³-hybridized carbons (Fsp3) is 0.0455. The normalized spacial score (nSPS) is 11.0. The number of phenolic OH excluding ortho intramolecular Hbond substituents is 1. The summed E-state index contributed by atoms with van der Waals surface area (Å²) in [6.45, 7) is 1.48.